The van der Waals surface area contributed by atoms with Gasteiger partial charge in [-0.2, -0.15) is 0 Å². The number of carbonyl (C=O) groups is 3. The van der Waals surface area contributed by atoms with Gasteiger partial charge in [-0.25, -0.2) is 4.79 Å². The van der Waals surface area contributed by atoms with Crippen LogP contribution < -0.4 is 5.32 Å². The molecule has 0 radical (unpaired) electrons. The van der Waals surface area contributed by atoms with Crippen LogP contribution in [0, 0.1) is 5.41 Å². The molecule has 7 nitrogen and oxygen atoms in total. The summed E-state index contributed by atoms with van der Waals surface area (Å²) in [6, 6.07) is -0.00571. The Hall–Kier alpha value is -1.79. The van der Waals surface area contributed by atoms with Gasteiger partial charge in [0.2, 0.25) is 11.8 Å². The van der Waals surface area contributed by atoms with Crippen LogP contribution >= 0.6 is 0 Å². The maximum Gasteiger partial charge on any atom is 0.409 e. The number of carbonyl (C=O) groups excluding carboxylic acids is 3. The average molecular weight is 339 g/mol. The van der Waals surface area contributed by atoms with Gasteiger partial charge in [0.15, 0.2) is 0 Å². The molecule has 7 heteroatoms. The van der Waals surface area contributed by atoms with Crippen LogP contribution in [0.2, 0.25) is 0 Å². The summed E-state index contributed by atoms with van der Waals surface area (Å²) < 4.78 is 4.99. The molecule has 2 heterocycles. The lowest BCUT2D eigenvalue weighted by Gasteiger charge is -2.34. The van der Waals surface area contributed by atoms with Crippen LogP contribution in [0.5, 0.6) is 0 Å². The molecule has 2 rings (SSSR count). The fraction of sp³-hybridized carbons (Fsp3) is 0.824. The second-order valence-corrected chi connectivity index (χ2v) is 7.06. The molecule has 0 bridgehead atoms. The molecule has 0 atom stereocenters. The predicted octanol–water partition coefficient (Wildman–Crippen LogP) is 1.37. The lowest BCUT2D eigenvalue weighted by Crippen LogP contribution is -2.53. The first-order valence-electron chi connectivity index (χ1n) is 8.88. The van der Waals surface area contributed by atoms with E-state index in [0.29, 0.717) is 32.5 Å². The van der Waals surface area contributed by atoms with Crippen molar-refractivity contribution in [1.29, 1.82) is 0 Å². The molecule has 0 aromatic rings. The normalized spacial score (nSPS) is 19.3. The van der Waals surface area contributed by atoms with Crippen molar-refractivity contribution in [3.05, 3.63) is 0 Å². The number of piperidine rings is 1. The smallest absolute Gasteiger partial charge is 0.409 e. The number of nitrogens with zero attached hydrogens (tertiary/aromatic N) is 2. The largest absolute Gasteiger partial charge is 0.450 e. The number of amides is 3. The second-order valence-electron chi connectivity index (χ2n) is 7.06. The fourth-order valence-corrected chi connectivity index (χ4v) is 3.20. The third-order valence-corrected chi connectivity index (χ3v) is 4.85. The minimum atomic E-state index is -1.05. The quantitative estimate of drug-likeness (QED) is 0.785. The first-order chi connectivity index (χ1) is 11.4. The van der Waals surface area contributed by atoms with Crippen molar-refractivity contribution in [2.24, 2.45) is 5.41 Å². The Bertz CT molecular complexity index is 478. The van der Waals surface area contributed by atoms with E-state index in [0.717, 1.165) is 25.9 Å². The predicted molar refractivity (Wildman–Crippen MR) is 89.4 cm³/mol. The average Bonchev–Trinajstić information content (AvgIpc) is 3.09. The van der Waals surface area contributed by atoms with Crippen LogP contribution in [-0.4, -0.2) is 66.5 Å². The molecule has 0 aliphatic carbocycles. The molecular weight excluding hydrogens is 310 g/mol. The van der Waals surface area contributed by atoms with Gasteiger partial charge in [-0.1, -0.05) is 0 Å². The van der Waals surface area contributed by atoms with Crippen molar-refractivity contribution < 1.29 is 19.1 Å². The zero-order valence-electron chi connectivity index (χ0n) is 15.0. The maximum absolute atomic E-state index is 12.6. The van der Waals surface area contributed by atoms with Crippen LogP contribution in [0.4, 0.5) is 4.79 Å². The Labute approximate surface area is 143 Å². The highest BCUT2D eigenvalue weighted by molar-refractivity contribution is 6.04. The lowest BCUT2D eigenvalue weighted by atomic mass is 9.89. The molecule has 24 heavy (non-hydrogen) atoms. The van der Waals surface area contributed by atoms with Gasteiger partial charge in [-0.15, -0.1) is 0 Å². The van der Waals surface area contributed by atoms with E-state index in [1.807, 2.05) is 0 Å². The molecular formula is C17H29N3O4. The minimum absolute atomic E-state index is 0.00571. The summed E-state index contributed by atoms with van der Waals surface area (Å²) in [6.45, 7) is 8.13. The van der Waals surface area contributed by atoms with Crippen molar-refractivity contribution in [2.45, 2.75) is 52.5 Å². The summed E-state index contributed by atoms with van der Waals surface area (Å²) in [7, 11) is 0. The number of rotatable bonds is 4. The van der Waals surface area contributed by atoms with Gasteiger partial charge in [-0.3, -0.25) is 9.59 Å². The number of nitrogens with one attached hydrogen (secondary N) is 1. The highest BCUT2D eigenvalue weighted by Gasteiger charge is 2.41. The number of ether oxygens (including phenoxy) is 1. The van der Waals surface area contributed by atoms with Crippen molar-refractivity contribution in [3.63, 3.8) is 0 Å². The molecule has 3 amide bonds. The molecule has 136 valence electrons. The van der Waals surface area contributed by atoms with E-state index in [-0.39, 0.29) is 23.9 Å². The van der Waals surface area contributed by atoms with Gasteiger partial charge in [0.1, 0.15) is 5.41 Å². The fourth-order valence-electron chi connectivity index (χ4n) is 3.20. The molecule has 0 spiro atoms. The molecule has 2 aliphatic rings. The zero-order chi connectivity index (χ0) is 17.7. The Morgan fingerprint density at radius 2 is 1.62 bits per heavy atom. The first-order valence-corrected chi connectivity index (χ1v) is 8.88. The zero-order valence-corrected chi connectivity index (χ0v) is 15.0. The Balaban J connectivity index is 1.84. The number of hydrogen-bond donors (Lipinski definition) is 1. The van der Waals surface area contributed by atoms with Crippen LogP contribution in [-0.2, 0) is 14.3 Å². The van der Waals surface area contributed by atoms with Gasteiger partial charge in [0.05, 0.1) is 6.61 Å². The van der Waals surface area contributed by atoms with Crippen LogP contribution in [0.1, 0.15) is 46.5 Å². The van der Waals surface area contributed by atoms with E-state index in [1.54, 1.807) is 30.6 Å². The molecule has 1 N–H and O–H groups in total. The molecule has 0 aromatic heterocycles. The van der Waals surface area contributed by atoms with Crippen LogP contribution in [0.25, 0.3) is 0 Å². The van der Waals surface area contributed by atoms with E-state index in [2.05, 4.69) is 5.32 Å². The highest BCUT2D eigenvalue weighted by atomic mass is 16.6. The molecule has 2 saturated heterocycles. The van der Waals surface area contributed by atoms with E-state index in [9.17, 15) is 14.4 Å². The van der Waals surface area contributed by atoms with E-state index >= 15 is 0 Å². The summed E-state index contributed by atoms with van der Waals surface area (Å²) in [5.41, 5.74) is -1.05. The number of likely N-dealkylation sites (tertiary alicyclic amines) is 2. The van der Waals surface area contributed by atoms with Gasteiger partial charge in [-0.05, 0) is 46.5 Å². The van der Waals surface area contributed by atoms with Crippen molar-refractivity contribution >= 4 is 17.9 Å². The minimum Gasteiger partial charge on any atom is -0.450 e. The SMILES string of the molecule is CCOC(=O)N1CCC(NC(=O)C(C)(C)C(=O)N2CCCC2)CC1. The monoisotopic (exact) mass is 339 g/mol. The van der Waals surface area contributed by atoms with Gasteiger partial charge < -0.3 is 19.9 Å². The first kappa shape index (κ1) is 18.5. The van der Waals surface area contributed by atoms with E-state index in [4.69, 9.17) is 4.74 Å². The van der Waals surface area contributed by atoms with Crippen molar-refractivity contribution in [2.75, 3.05) is 32.8 Å². The lowest BCUT2D eigenvalue weighted by molar-refractivity contribution is -0.148. The summed E-state index contributed by atoms with van der Waals surface area (Å²) in [6.07, 6.45) is 3.08. The van der Waals surface area contributed by atoms with Gasteiger partial charge >= 0.3 is 6.09 Å². The summed E-state index contributed by atoms with van der Waals surface area (Å²) >= 11 is 0. The Kier molecular flexibility index (Phi) is 6.07. The van der Waals surface area contributed by atoms with Gasteiger partial charge in [0, 0.05) is 32.2 Å². The molecule has 0 aromatic carbocycles. The second kappa shape index (κ2) is 7.85. The van der Waals surface area contributed by atoms with Crippen molar-refractivity contribution in [3.8, 4) is 0 Å². The van der Waals surface area contributed by atoms with Gasteiger partial charge in [0.25, 0.3) is 0 Å². The van der Waals surface area contributed by atoms with E-state index in [1.165, 1.54) is 0 Å². The molecule has 0 saturated carbocycles. The summed E-state index contributed by atoms with van der Waals surface area (Å²) in [4.78, 5) is 40.3. The molecule has 0 unspecified atom stereocenters. The van der Waals surface area contributed by atoms with E-state index < -0.39 is 5.41 Å². The number of hydrogen-bond acceptors (Lipinski definition) is 4. The van der Waals surface area contributed by atoms with Crippen LogP contribution in [0.3, 0.4) is 0 Å². The summed E-state index contributed by atoms with van der Waals surface area (Å²) in [5, 5.41) is 2.99. The standard InChI is InChI=1S/C17H29N3O4/c1-4-24-16(23)20-11-7-13(8-12-20)18-14(21)17(2,3)15(22)19-9-5-6-10-19/h13H,4-12H2,1-3H3,(H,18,21). The Morgan fingerprint density at radius 3 is 2.17 bits per heavy atom. The van der Waals surface area contributed by atoms with Crippen molar-refractivity contribution in [1.82, 2.24) is 15.1 Å². The third-order valence-electron chi connectivity index (χ3n) is 4.85. The topological polar surface area (TPSA) is 79.0 Å². The third kappa shape index (κ3) is 4.19. The molecule has 2 fully saturated rings. The maximum atomic E-state index is 12.6. The molecule has 2 aliphatic heterocycles. The van der Waals surface area contributed by atoms with Crippen LogP contribution in [0.15, 0.2) is 0 Å². The summed E-state index contributed by atoms with van der Waals surface area (Å²) in [5.74, 6) is -0.324. The Morgan fingerprint density at radius 1 is 1.04 bits per heavy atom. The highest BCUT2D eigenvalue weighted by Crippen LogP contribution is 2.23.